The highest BCUT2D eigenvalue weighted by Crippen LogP contribution is 2.18. The van der Waals surface area contributed by atoms with Gasteiger partial charge in [0.2, 0.25) is 0 Å². The maximum absolute atomic E-state index is 12.6. The van der Waals surface area contributed by atoms with Crippen molar-refractivity contribution in [2.45, 2.75) is 51.6 Å². The van der Waals surface area contributed by atoms with Crippen LogP contribution in [0.2, 0.25) is 0 Å². The Hall–Kier alpha value is -1.61. The van der Waals surface area contributed by atoms with E-state index in [1.54, 1.807) is 0 Å². The molecular weight excluding hydrogens is 284 g/mol. The smallest absolute Gasteiger partial charge is 0.254 e. The Kier molecular flexibility index (Phi) is 5.50. The van der Waals surface area contributed by atoms with Gasteiger partial charge in [0.1, 0.15) is 0 Å². The lowest BCUT2D eigenvalue weighted by Gasteiger charge is -2.24. The Morgan fingerprint density at radius 1 is 1.09 bits per heavy atom. The number of benzene rings is 1. The predicted octanol–water partition coefficient (Wildman–Crippen LogP) is 3.85. The first-order chi connectivity index (χ1) is 11.3. The van der Waals surface area contributed by atoms with Gasteiger partial charge in [0.05, 0.1) is 6.04 Å². The average Bonchev–Trinajstić information content (AvgIpc) is 2.92. The summed E-state index contributed by atoms with van der Waals surface area (Å²) in [5, 5.41) is 0. The van der Waals surface area contributed by atoms with Crippen LogP contribution < -0.4 is 0 Å². The fraction of sp³-hybridized carbons (Fsp3) is 0.550. The topological polar surface area (TPSA) is 23.6 Å². The molecule has 2 heterocycles. The summed E-state index contributed by atoms with van der Waals surface area (Å²) in [5.74, 6) is 0.156. The van der Waals surface area contributed by atoms with Gasteiger partial charge in [-0.3, -0.25) is 9.69 Å². The third-order valence-corrected chi connectivity index (χ3v) is 5.05. The molecule has 0 bridgehead atoms. The Labute approximate surface area is 140 Å². The highest BCUT2D eigenvalue weighted by molar-refractivity contribution is 5.95. The molecule has 1 saturated heterocycles. The van der Waals surface area contributed by atoms with Crippen LogP contribution >= 0.6 is 0 Å². The molecule has 0 radical (unpaired) electrons. The molecule has 1 amide bonds. The first-order valence-electron chi connectivity index (χ1n) is 9.07. The fourth-order valence-corrected chi connectivity index (χ4v) is 3.63. The van der Waals surface area contributed by atoms with Crippen molar-refractivity contribution in [1.82, 2.24) is 9.80 Å². The Bertz CT molecular complexity index is 541. The van der Waals surface area contributed by atoms with Crippen molar-refractivity contribution in [3.8, 4) is 0 Å². The van der Waals surface area contributed by atoms with Crippen molar-refractivity contribution in [3.63, 3.8) is 0 Å². The molecule has 23 heavy (non-hydrogen) atoms. The summed E-state index contributed by atoms with van der Waals surface area (Å²) >= 11 is 0. The molecule has 0 aromatic heterocycles. The normalized spacial score (nSPS) is 22.3. The van der Waals surface area contributed by atoms with Gasteiger partial charge in [-0.1, -0.05) is 44.1 Å². The number of rotatable bonds is 4. The number of hydrogen-bond acceptors (Lipinski definition) is 2. The second-order valence-electron chi connectivity index (χ2n) is 6.75. The molecule has 0 spiro atoms. The first kappa shape index (κ1) is 16.3. The van der Waals surface area contributed by atoms with Crippen molar-refractivity contribution >= 4 is 5.91 Å². The third-order valence-electron chi connectivity index (χ3n) is 5.05. The second-order valence-corrected chi connectivity index (χ2v) is 6.75. The van der Waals surface area contributed by atoms with Gasteiger partial charge in [0.15, 0.2) is 0 Å². The van der Waals surface area contributed by atoms with Crippen LogP contribution in [0.4, 0.5) is 0 Å². The van der Waals surface area contributed by atoms with Crippen LogP contribution in [0.25, 0.3) is 0 Å². The molecule has 1 fully saturated rings. The van der Waals surface area contributed by atoms with Crippen LogP contribution in [0, 0.1) is 0 Å². The molecule has 3 heteroatoms. The maximum atomic E-state index is 12.6. The average molecular weight is 312 g/mol. The number of amides is 1. The Balaban J connectivity index is 1.61. The largest absolute Gasteiger partial charge is 0.329 e. The molecule has 0 saturated carbocycles. The van der Waals surface area contributed by atoms with E-state index < -0.39 is 0 Å². The molecule has 3 rings (SSSR count). The molecule has 0 N–H and O–H groups in total. The van der Waals surface area contributed by atoms with Gasteiger partial charge in [-0.05, 0) is 50.0 Å². The minimum absolute atomic E-state index is 0.156. The standard InChI is InChI=1S/C20H28N2O/c1-2-19-8-7-15-22(19)20(23)18-11-9-17(10-12-18)16-21-13-5-3-4-6-14-21/h7-12,19H,2-6,13-16H2,1H3. The minimum Gasteiger partial charge on any atom is -0.329 e. The summed E-state index contributed by atoms with van der Waals surface area (Å²) in [6, 6.07) is 8.52. The molecule has 1 aromatic carbocycles. The third kappa shape index (κ3) is 4.03. The van der Waals surface area contributed by atoms with Gasteiger partial charge in [-0.2, -0.15) is 0 Å². The van der Waals surface area contributed by atoms with E-state index in [4.69, 9.17) is 0 Å². The molecule has 1 aromatic rings. The van der Waals surface area contributed by atoms with E-state index in [1.807, 2.05) is 17.0 Å². The lowest BCUT2D eigenvalue weighted by Crippen LogP contribution is -2.35. The summed E-state index contributed by atoms with van der Waals surface area (Å²) in [7, 11) is 0. The van der Waals surface area contributed by atoms with Crippen LogP contribution in [0.1, 0.15) is 54.9 Å². The summed E-state index contributed by atoms with van der Waals surface area (Å²) in [5.41, 5.74) is 2.13. The van der Waals surface area contributed by atoms with Crippen molar-refractivity contribution in [3.05, 3.63) is 47.5 Å². The highest BCUT2D eigenvalue weighted by Gasteiger charge is 2.24. The van der Waals surface area contributed by atoms with E-state index in [9.17, 15) is 4.79 Å². The van der Waals surface area contributed by atoms with Crippen LogP contribution in [-0.4, -0.2) is 41.4 Å². The molecule has 2 aliphatic heterocycles. The minimum atomic E-state index is 0.156. The monoisotopic (exact) mass is 312 g/mol. The molecule has 3 nitrogen and oxygen atoms in total. The predicted molar refractivity (Wildman–Crippen MR) is 94.4 cm³/mol. The van der Waals surface area contributed by atoms with Gasteiger partial charge in [-0.15, -0.1) is 0 Å². The molecule has 1 atom stereocenters. The number of hydrogen-bond donors (Lipinski definition) is 0. The first-order valence-corrected chi connectivity index (χ1v) is 9.07. The van der Waals surface area contributed by atoms with Gasteiger partial charge in [0.25, 0.3) is 5.91 Å². The maximum Gasteiger partial charge on any atom is 0.254 e. The van der Waals surface area contributed by atoms with Crippen molar-refractivity contribution < 1.29 is 4.79 Å². The van der Waals surface area contributed by atoms with Gasteiger partial charge in [-0.25, -0.2) is 0 Å². The van der Waals surface area contributed by atoms with Crippen LogP contribution in [0.5, 0.6) is 0 Å². The molecular formula is C20H28N2O. The zero-order chi connectivity index (χ0) is 16.1. The van der Waals surface area contributed by atoms with Crippen LogP contribution in [-0.2, 0) is 6.54 Å². The number of carbonyl (C=O) groups excluding carboxylic acids is 1. The highest BCUT2D eigenvalue weighted by atomic mass is 16.2. The molecule has 1 unspecified atom stereocenters. The van der Waals surface area contributed by atoms with E-state index in [2.05, 4.69) is 36.1 Å². The lowest BCUT2D eigenvalue weighted by atomic mass is 10.1. The Morgan fingerprint density at radius 2 is 1.78 bits per heavy atom. The van der Waals surface area contributed by atoms with Crippen LogP contribution in [0.3, 0.4) is 0 Å². The number of nitrogens with zero attached hydrogens (tertiary/aromatic N) is 2. The summed E-state index contributed by atoms with van der Waals surface area (Å²) in [4.78, 5) is 17.1. The Morgan fingerprint density at radius 3 is 2.43 bits per heavy atom. The van der Waals surface area contributed by atoms with E-state index in [0.29, 0.717) is 0 Å². The van der Waals surface area contributed by atoms with E-state index >= 15 is 0 Å². The van der Waals surface area contributed by atoms with Gasteiger partial charge >= 0.3 is 0 Å². The van der Waals surface area contributed by atoms with Crippen molar-refractivity contribution in [2.24, 2.45) is 0 Å². The van der Waals surface area contributed by atoms with Crippen molar-refractivity contribution in [2.75, 3.05) is 19.6 Å². The van der Waals surface area contributed by atoms with Gasteiger partial charge in [0, 0.05) is 18.7 Å². The summed E-state index contributed by atoms with van der Waals surface area (Å²) < 4.78 is 0. The fourth-order valence-electron chi connectivity index (χ4n) is 3.63. The summed E-state index contributed by atoms with van der Waals surface area (Å²) in [6.07, 6.45) is 10.6. The van der Waals surface area contributed by atoms with Crippen molar-refractivity contribution in [1.29, 1.82) is 0 Å². The van der Waals surface area contributed by atoms with Gasteiger partial charge < -0.3 is 4.90 Å². The lowest BCUT2D eigenvalue weighted by molar-refractivity contribution is 0.0747. The number of carbonyl (C=O) groups is 1. The van der Waals surface area contributed by atoms with E-state index in [-0.39, 0.29) is 11.9 Å². The zero-order valence-corrected chi connectivity index (χ0v) is 14.2. The number of likely N-dealkylation sites (tertiary alicyclic amines) is 1. The van der Waals surface area contributed by atoms with E-state index in [1.165, 1.54) is 44.3 Å². The second kappa shape index (κ2) is 7.78. The molecule has 124 valence electrons. The van der Waals surface area contributed by atoms with Crippen LogP contribution in [0.15, 0.2) is 36.4 Å². The quantitative estimate of drug-likeness (QED) is 0.788. The summed E-state index contributed by atoms with van der Waals surface area (Å²) in [6.45, 7) is 6.30. The van der Waals surface area contributed by atoms with E-state index in [0.717, 1.165) is 25.1 Å². The molecule has 2 aliphatic rings. The zero-order valence-electron chi connectivity index (χ0n) is 14.2. The SMILES string of the molecule is CCC1C=CCN1C(=O)c1ccc(CN2CCCCCC2)cc1. The molecule has 0 aliphatic carbocycles.